The van der Waals surface area contributed by atoms with E-state index in [1.165, 1.54) is 0 Å². The molecule has 0 fully saturated rings. The Morgan fingerprint density at radius 1 is 1.06 bits per heavy atom. The molecule has 0 aliphatic heterocycles. The van der Waals surface area contributed by atoms with Gasteiger partial charge in [-0.2, -0.15) is 0 Å². The number of unbranched alkanes of at least 4 members (excludes halogenated alkanes) is 3. The second-order valence-electron chi connectivity index (χ2n) is 8.23. The third-order valence-electron chi connectivity index (χ3n) is 5.82. The van der Waals surface area contributed by atoms with Crippen LogP contribution in [-0.4, -0.2) is 37.9 Å². The van der Waals surface area contributed by atoms with E-state index in [1.807, 2.05) is 13.1 Å². The number of carbonyl (C=O) groups excluding carboxylic acids is 2. The molecule has 2 N–H and O–H groups in total. The van der Waals surface area contributed by atoms with Crippen LogP contribution in [0.5, 0.6) is 0 Å². The molecule has 1 aliphatic rings. The average molecular weight is 500 g/mol. The lowest BCUT2D eigenvalue weighted by Gasteiger charge is -2.30. The molecular weight excluding hydrogens is 464 g/mol. The highest BCUT2D eigenvalue weighted by molar-refractivity contribution is 7.38. The van der Waals surface area contributed by atoms with Crippen LogP contribution in [0.25, 0.3) is 0 Å². The molecule has 0 saturated carbocycles. The van der Waals surface area contributed by atoms with Gasteiger partial charge in [-0.25, -0.2) is 0 Å². The molecule has 1 aromatic rings. The van der Waals surface area contributed by atoms with Crippen LogP contribution in [-0.2, 0) is 9.59 Å². The first-order valence-corrected chi connectivity index (χ1v) is 13.7. The van der Waals surface area contributed by atoms with E-state index in [0.29, 0.717) is 46.3 Å². The first-order valence-electron chi connectivity index (χ1n) is 11.6. The van der Waals surface area contributed by atoms with Crippen molar-refractivity contribution in [3.05, 3.63) is 33.3 Å². The molecular formula is C24H36Cl2N3O2P. The number of nitrogens with zero attached hydrogens (tertiary/aromatic N) is 2. The first kappa shape index (κ1) is 27.0. The number of primary amides is 1. The zero-order chi connectivity index (χ0) is 23.7. The molecule has 0 spiro atoms. The van der Waals surface area contributed by atoms with Gasteiger partial charge < -0.3 is 15.5 Å². The van der Waals surface area contributed by atoms with Gasteiger partial charge in [0.15, 0.2) is 0 Å². The lowest BCUT2D eigenvalue weighted by molar-refractivity contribution is -0.117. The third-order valence-corrected chi connectivity index (χ3v) is 7.70. The van der Waals surface area contributed by atoms with E-state index >= 15 is 0 Å². The topological polar surface area (TPSA) is 66.6 Å². The van der Waals surface area contributed by atoms with Gasteiger partial charge in [0.25, 0.3) is 5.91 Å². The normalized spacial score (nSPS) is 14.3. The predicted octanol–water partition coefficient (Wildman–Crippen LogP) is 6.35. The number of carbonyl (C=O) groups is 2. The van der Waals surface area contributed by atoms with Crippen molar-refractivity contribution < 1.29 is 9.59 Å². The standard InChI is InChI=1S/C24H36Cl2N3O2P/c1-4-6-7-10-15-29(24(31)18-12-9-8-11-17(18)23(27)30)20-14-13-19(25)22(21(20)26)28(3)16-32-5-2/h13-14,32H,4-12,15-16H2,1-3H3,(H2,27,30). The monoisotopic (exact) mass is 499 g/mol. The first-order chi connectivity index (χ1) is 15.3. The van der Waals surface area contributed by atoms with Gasteiger partial charge in [0.05, 0.1) is 21.4 Å². The molecule has 1 unspecified atom stereocenters. The summed E-state index contributed by atoms with van der Waals surface area (Å²) in [4.78, 5) is 29.5. The Kier molecular flexibility index (Phi) is 11.3. The van der Waals surface area contributed by atoms with Crippen molar-refractivity contribution in [1.82, 2.24) is 0 Å². The molecule has 32 heavy (non-hydrogen) atoms. The van der Waals surface area contributed by atoms with Crippen LogP contribution in [0.4, 0.5) is 11.4 Å². The Bertz CT molecular complexity index is 845. The number of hydrogen-bond acceptors (Lipinski definition) is 3. The lowest BCUT2D eigenvalue weighted by atomic mass is 9.90. The van der Waals surface area contributed by atoms with Crippen LogP contribution in [0, 0.1) is 0 Å². The molecule has 2 amide bonds. The van der Waals surface area contributed by atoms with E-state index < -0.39 is 5.91 Å². The number of rotatable bonds is 12. The van der Waals surface area contributed by atoms with Crippen LogP contribution < -0.4 is 15.5 Å². The highest BCUT2D eigenvalue weighted by Crippen LogP contribution is 2.42. The maximum absolute atomic E-state index is 13.7. The summed E-state index contributed by atoms with van der Waals surface area (Å²) in [6, 6.07) is 3.62. The molecule has 1 aliphatic carbocycles. The third kappa shape index (κ3) is 6.85. The molecule has 0 bridgehead atoms. The van der Waals surface area contributed by atoms with Crippen molar-refractivity contribution in [3.8, 4) is 0 Å². The predicted molar refractivity (Wildman–Crippen MR) is 140 cm³/mol. The summed E-state index contributed by atoms with van der Waals surface area (Å²) < 4.78 is 0. The second-order valence-corrected chi connectivity index (χ2v) is 10.5. The van der Waals surface area contributed by atoms with Gasteiger partial charge in [0.1, 0.15) is 0 Å². The zero-order valence-corrected chi connectivity index (χ0v) is 22.0. The summed E-state index contributed by atoms with van der Waals surface area (Å²) in [5.41, 5.74) is 8.00. The van der Waals surface area contributed by atoms with Gasteiger partial charge in [-0.3, -0.25) is 9.59 Å². The molecule has 5 nitrogen and oxygen atoms in total. The summed E-state index contributed by atoms with van der Waals surface area (Å²) in [6.45, 7) is 4.84. The maximum atomic E-state index is 13.7. The molecule has 0 aromatic heterocycles. The molecule has 1 aromatic carbocycles. The van der Waals surface area contributed by atoms with Crippen LogP contribution in [0.3, 0.4) is 0 Å². The van der Waals surface area contributed by atoms with Crippen molar-refractivity contribution >= 4 is 55.0 Å². The van der Waals surface area contributed by atoms with E-state index in [2.05, 4.69) is 18.7 Å². The van der Waals surface area contributed by atoms with Gasteiger partial charge in [0, 0.05) is 31.0 Å². The van der Waals surface area contributed by atoms with Gasteiger partial charge in [0.2, 0.25) is 5.91 Å². The number of anilines is 2. The Balaban J connectivity index is 2.48. The summed E-state index contributed by atoms with van der Waals surface area (Å²) in [7, 11) is 2.74. The van der Waals surface area contributed by atoms with Gasteiger partial charge in [-0.1, -0.05) is 56.3 Å². The molecule has 178 valence electrons. The molecule has 2 rings (SSSR count). The van der Waals surface area contributed by atoms with Crippen molar-refractivity contribution in [1.29, 1.82) is 0 Å². The largest absolute Gasteiger partial charge is 0.368 e. The van der Waals surface area contributed by atoms with E-state index in [-0.39, 0.29) is 5.91 Å². The Labute approximate surface area is 204 Å². The fourth-order valence-electron chi connectivity index (χ4n) is 4.05. The van der Waals surface area contributed by atoms with Crippen LogP contribution in [0.2, 0.25) is 10.0 Å². The van der Waals surface area contributed by atoms with Crippen molar-refractivity contribution in [2.24, 2.45) is 5.73 Å². The number of benzene rings is 1. The maximum Gasteiger partial charge on any atom is 0.254 e. The molecule has 8 heteroatoms. The van der Waals surface area contributed by atoms with E-state index in [9.17, 15) is 9.59 Å². The fourth-order valence-corrected chi connectivity index (χ4v) is 5.53. The van der Waals surface area contributed by atoms with Crippen LogP contribution in [0.1, 0.15) is 65.2 Å². The van der Waals surface area contributed by atoms with Crippen molar-refractivity contribution in [2.75, 3.05) is 35.8 Å². The van der Waals surface area contributed by atoms with E-state index in [0.717, 1.165) is 65.2 Å². The quantitative estimate of drug-likeness (QED) is 0.269. The highest BCUT2D eigenvalue weighted by atomic mass is 35.5. The highest BCUT2D eigenvalue weighted by Gasteiger charge is 2.29. The summed E-state index contributed by atoms with van der Waals surface area (Å²) in [6.07, 6.45) is 8.92. The molecule has 0 saturated heterocycles. The van der Waals surface area contributed by atoms with E-state index in [1.54, 1.807) is 11.0 Å². The smallest absolute Gasteiger partial charge is 0.254 e. The van der Waals surface area contributed by atoms with Crippen molar-refractivity contribution in [2.45, 2.75) is 65.2 Å². The second kappa shape index (κ2) is 13.4. The molecule has 0 heterocycles. The fraction of sp³-hybridized carbons (Fsp3) is 0.583. The Morgan fingerprint density at radius 3 is 2.38 bits per heavy atom. The average Bonchev–Trinajstić information content (AvgIpc) is 2.78. The number of amides is 2. The van der Waals surface area contributed by atoms with Crippen LogP contribution >= 0.6 is 31.8 Å². The van der Waals surface area contributed by atoms with Gasteiger partial charge >= 0.3 is 0 Å². The summed E-state index contributed by atoms with van der Waals surface area (Å²) in [5.74, 6) is -0.662. The molecule has 0 radical (unpaired) electrons. The minimum Gasteiger partial charge on any atom is -0.368 e. The lowest BCUT2D eigenvalue weighted by Crippen LogP contribution is -2.36. The minimum absolute atomic E-state index is 0.164. The van der Waals surface area contributed by atoms with E-state index in [4.69, 9.17) is 28.9 Å². The number of halogens is 2. The summed E-state index contributed by atoms with van der Waals surface area (Å²) in [5, 5.41) is 1.04. The van der Waals surface area contributed by atoms with Gasteiger partial charge in [-0.05, 0) is 50.4 Å². The summed E-state index contributed by atoms with van der Waals surface area (Å²) >= 11 is 13.4. The number of nitrogens with two attached hydrogens (primary N) is 1. The van der Waals surface area contributed by atoms with Crippen LogP contribution in [0.15, 0.2) is 23.3 Å². The van der Waals surface area contributed by atoms with Crippen molar-refractivity contribution in [3.63, 3.8) is 0 Å². The zero-order valence-electron chi connectivity index (χ0n) is 19.5. The SMILES string of the molecule is CCCCCCN(C(=O)C1=C(C(N)=O)CCCC1)c1ccc(Cl)c(N(C)CPCC)c1Cl. The Morgan fingerprint density at radius 2 is 1.75 bits per heavy atom. The van der Waals surface area contributed by atoms with Gasteiger partial charge in [-0.15, -0.1) is 8.58 Å². The minimum atomic E-state index is -0.498. The molecule has 1 atom stereocenters. The number of hydrogen-bond donors (Lipinski definition) is 1. The Hall–Kier alpha value is -1.29.